The number of aromatic nitrogens is 1. The summed E-state index contributed by atoms with van der Waals surface area (Å²) in [6.07, 6.45) is 9.04. The zero-order chi connectivity index (χ0) is 11.2. The van der Waals surface area contributed by atoms with Crippen LogP contribution in [-0.4, -0.2) is 10.4 Å². The standard InChI is InChI=1S/C14H19NO/c1-14(7-3-8-14)10-15-9-6-11-12(15)4-2-5-13(11)16/h6,9H,2-5,7-8,10H2,1H3. The largest absolute Gasteiger partial charge is 0.350 e. The molecule has 0 N–H and O–H groups in total. The van der Waals surface area contributed by atoms with E-state index in [1.807, 2.05) is 6.07 Å². The Morgan fingerprint density at radius 3 is 2.81 bits per heavy atom. The van der Waals surface area contributed by atoms with Crippen LogP contribution in [0.5, 0.6) is 0 Å². The Balaban J connectivity index is 1.88. The zero-order valence-corrected chi connectivity index (χ0v) is 9.96. The van der Waals surface area contributed by atoms with Crippen LogP contribution in [0.4, 0.5) is 0 Å². The fourth-order valence-electron chi connectivity index (χ4n) is 3.09. The van der Waals surface area contributed by atoms with Crippen LogP contribution < -0.4 is 0 Å². The van der Waals surface area contributed by atoms with Crippen LogP contribution in [-0.2, 0) is 13.0 Å². The summed E-state index contributed by atoms with van der Waals surface area (Å²) in [7, 11) is 0. The van der Waals surface area contributed by atoms with Gasteiger partial charge >= 0.3 is 0 Å². The van der Waals surface area contributed by atoms with Gasteiger partial charge in [0.15, 0.2) is 5.78 Å². The molecular weight excluding hydrogens is 198 g/mol. The van der Waals surface area contributed by atoms with E-state index in [1.165, 1.54) is 25.0 Å². The molecule has 0 amide bonds. The Hall–Kier alpha value is -1.05. The Morgan fingerprint density at radius 2 is 2.12 bits per heavy atom. The van der Waals surface area contributed by atoms with E-state index in [2.05, 4.69) is 17.7 Å². The van der Waals surface area contributed by atoms with E-state index in [0.717, 1.165) is 31.4 Å². The summed E-state index contributed by atoms with van der Waals surface area (Å²) >= 11 is 0. The second-order valence-electron chi connectivity index (χ2n) is 5.74. The molecule has 0 aromatic carbocycles. The minimum Gasteiger partial charge on any atom is -0.350 e. The van der Waals surface area contributed by atoms with E-state index in [0.29, 0.717) is 11.2 Å². The third kappa shape index (κ3) is 1.51. The van der Waals surface area contributed by atoms with Crippen LogP contribution in [0.25, 0.3) is 0 Å². The van der Waals surface area contributed by atoms with Gasteiger partial charge in [0, 0.05) is 30.4 Å². The average molecular weight is 217 g/mol. The van der Waals surface area contributed by atoms with Crippen molar-refractivity contribution < 1.29 is 4.79 Å². The van der Waals surface area contributed by atoms with Crippen LogP contribution in [0.2, 0.25) is 0 Å². The van der Waals surface area contributed by atoms with E-state index >= 15 is 0 Å². The van der Waals surface area contributed by atoms with E-state index in [4.69, 9.17) is 0 Å². The summed E-state index contributed by atoms with van der Waals surface area (Å²) in [4.78, 5) is 11.7. The molecule has 0 aliphatic heterocycles. The predicted molar refractivity (Wildman–Crippen MR) is 63.7 cm³/mol. The van der Waals surface area contributed by atoms with Crippen LogP contribution in [0.15, 0.2) is 12.3 Å². The van der Waals surface area contributed by atoms with Gasteiger partial charge in [-0.05, 0) is 37.2 Å². The third-order valence-electron chi connectivity index (χ3n) is 4.31. The van der Waals surface area contributed by atoms with Crippen molar-refractivity contribution in [3.05, 3.63) is 23.5 Å². The molecule has 0 atom stereocenters. The minimum atomic E-state index is 0.346. The number of hydrogen-bond donors (Lipinski definition) is 0. The average Bonchev–Trinajstić information content (AvgIpc) is 2.61. The second kappa shape index (κ2) is 3.47. The van der Waals surface area contributed by atoms with Crippen molar-refractivity contribution in [2.75, 3.05) is 0 Å². The van der Waals surface area contributed by atoms with Gasteiger partial charge in [0.05, 0.1) is 0 Å². The molecule has 1 aromatic heterocycles. The van der Waals surface area contributed by atoms with Crippen LogP contribution in [0.1, 0.15) is 55.1 Å². The highest BCUT2D eigenvalue weighted by atomic mass is 16.1. The molecule has 1 saturated carbocycles. The number of hydrogen-bond acceptors (Lipinski definition) is 1. The quantitative estimate of drug-likeness (QED) is 0.745. The topological polar surface area (TPSA) is 22.0 Å². The molecule has 0 saturated heterocycles. The van der Waals surface area contributed by atoms with Gasteiger partial charge in [-0.2, -0.15) is 0 Å². The first kappa shape index (κ1) is 10.1. The highest BCUT2D eigenvalue weighted by molar-refractivity contribution is 5.98. The first-order chi connectivity index (χ1) is 7.68. The van der Waals surface area contributed by atoms with Crippen molar-refractivity contribution >= 4 is 5.78 Å². The molecule has 1 fully saturated rings. The molecule has 1 aromatic rings. The monoisotopic (exact) mass is 217 g/mol. The lowest BCUT2D eigenvalue weighted by atomic mass is 9.70. The van der Waals surface area contributed by atoms with Crippen molar-refractivity contribution in [1.82, 2.24) is 4.57 Å². The summed E-state index contributed by atoms with van der Waals surface area (Å²) in [5.41, 5.74) is 2.78. The number of Topliss-reactive ketones (excluding diaryl/α,β-unsaturated/α-hetero) is 1. The first-order valence-electron chi connectivity index (χ1n) is 6.39. The van der Waals surface area contributed by atoms with E-state index in [1.54, 1.807) is 0 Å². The molecule has 0 spiro atoms. The normalized spacial score (nSPS) is 22.7. The van der Waals surface area contributed by atoms with Crippen LogP contribution in [0.3, 0.4) is 0 Å². The summed E-state index contributed by atoms with van der Waals surface area (Å²) in [6, 6.07) is 2.03. The summed E-state index contributed by atoms with van der Waals surface area (Å²) in [5.74, 6) is 0.346. The lowest BCUT2D eigenvalue weighted by Gasteiger charge is -2.39. The molecule has 2 aliphatic rings. The summed E-state index contributed by atoms with van der Waals surface area (Å²) in [5, 5.41) is 0. The van der Waals surface area contributed by atoms with Gasteiger partial charge in [0.1, 0.15) is 0 Å². The number of carbonyl (C=O) groups is 1. The van der Waals surface area contributed by atoms with Crippen molar-refractivity contribution in [2.24, 2.45) is 5.41 Å². The molecule has 0 radical (unpaired) electrons. The molecule has 86 valence electrons. The number of carbonyl (C=O) groups excluding carboxylic acids is 1. The molecule has 2 heteroatoms. The van der Waals surface area contributed by atoms with Gasteiger partial charge < -0.3 is 4.57 Å². The molecule has 2 aliphatic carbocycles. The van der Waals surface area contributed by atoms with Gasteiger partial charge in [0.2, 0.25) is 0 Å². The van der Waals surface area contributed by atoms with Gasteiger partial charge in [-0.1, -0.05) is 13.3 Å². The first-order valence-corrected chi connectivity index (χ1v) is 6.39. The zero-order valence-electron chi connectivity index (χ0n) is 9.96. The third-order valence-corrected chi connectivity index (χ3v) is 4.31. The molecule has 16 heavy (non-hydrogen) atoms. The highest BCUT2D eigenvalue weighted by Gasteiger charge is 2.33. The molecule has 0 bridgehead atoms. The number of ketones is 1. The fourth-order valence-corrected chi connectivity index (χ4v) is 3.09. The lowest BCUT2D eigenvalue weighted by molar-refractivity contribution is 0.0968. The molecule has 1 heterocycles. The Labute approximate surface area is 96.6 Å². The maximum atomic E-state index is 11.7. The Bertz CT molecular complexity index is 426. The maximum Gasteiger partial charge on any atom is 0.164 e. The lowest BCUT2D eigenvalue weighted by Crippen LogP contribution is -2.31. The van der Waals surface area contributed by atoms with Gasteiger partial charge in [0.25, 0.3) is 0 Å². The van der Waals surface area contributed by atoms with Crippen molar-refractivity contribution in [1.29, 1.82) is 0 Å². The molecule has 0 unspecified atom stereocenters. The molecule has 2 nitrogen and oxygen atoms in total. The second-order valence-corrected chi connectivity index (χ2v) is 5.74. The van der Waals surface area contributed by atoms with Crippen molar-refractivity contribution in [3.63, 3.8) is 0 Å². The van der Waals surface area contributed by atoms with E-state index in [9.17, 15) is 4.79 Å². The molecular formula is C14H19NO. The number of nitrogens with zero attached hydrogens (tertiary/aromatic N) is 1. The van der Waals surface area contributed by atoms with Crippen molar-refractivity contribution in [2.45, 2.75) is 52.0 Å². The highest BCUT2D eigenvalue weighted by Crippen LogP contribution is 2.42. The Kier molecular flexibility index (Phi) is 2.20. The van der Waals surface area contributed by atoms with Gasteiger partial charge in [-0.15, -0.1) is 0 Å². The van der Waals surface area contributed by atoms with E-state index < -0.39 is 0 Å². The van der Waals surface area contributed by atoms with Crippen LogP contribution >= 0.6 is 0 Å². The van der Waals surface area contributed by atoms with Gasteiger partial charge in [-0.3, -0.25) is 4.79 Å². The van der Waals surface area contributed by atoms with Crippen LogP contribution in [0, 0.1) is 5.41 Å². The fraction of sp³-hybridized carbons (Fsp3) is 0.643. The molecule has 3 rings (SSSR count). The summed E-state index contributed by atoms with van der Waals surface area (Å²) < 4.78 is 2.34. The van der Waals surface area contributed by atoms with Crippen molar-refractivity contribution in [3.8, 4) is 0 Å². The summed E-state index contributed by atoms with van der Waals surface area (Å²) in [6.45, 7) is 3.48. The van der Waals surface area contributed by atoms with E-state index in [-0.39, 0.29) is 0 Å². The number of rotatable bonds is 2. The minimum absolute atomic E-state index is 0.346. The number of fused-ring (bicyclic) bond motifs is 1. The predicted octanol–water partition coefficient (Wildman–Crippen LogP) is 3.20. The smallest absolute Gasteiger partial charge is 0.164 e. The SMILES string of the molecule is CC1(Cn2ccc3c2CCCC3=O)CCC1. The van der Waals surface area contributed by atoms with Gasteiger partial charge in [-0.25, -0.2) is 0 Å². The maximum absolute atomic E-state index is 11.7. The Morgan fingerprint density at radius 1 is 1.31 bits per heavy atom.